The minimum absolute atomic E-state index is 0.433. The molecule has 0 saturated carbocycles. The maximum absolute atomic E-state index is 5.72. The Bertz CT molecular complexity index is 717. The quantitative estimate of drug-likeness (QED) is 0.590. The van der Waals surface area contributed by atoms with Crippen molar-refractivity contribution in [3.63, 3.8) is 0 Å². The molecule has 3 rings (SSSR count). The summed E-state index contributed by atoms with van der Waals surface area (Å²) < 4.78 is 5.72. The molecule has 3 heteroatoms. The van der Waals surface area contributed by atoms with E-state index in [0.717, 1.165) is 43.0 Å². The predicted molar refractivity (Wildman–Crippen MR) is 106 cm³/mol. The van der Waals surface area contributed by atoms with Crippen molar-refractivity contribution in [1.29, 1.82) is 0 Å². The SMILES string of the molecule is Cc1nc(CNC(CCc2ccccc2)CCc2ccccc2)oc1C. The lowest BCUT2D eigenvalue weighted by Gasteiger charge is -2.18. The molecule has 1 aromatic heterocycles. The van der Waals surface area contributed by atoms with Crippen molar-refractivity contribution in [1.82, 2.24) is 10.3 Å². The number of aryl methyl sites for hydroxylation is 4. The van der Waals surface area contributed by atoms with E-state index in [9.17, 15) is 0 Å². The summed E-state index contributed by atoms with van der Waals surface area (Å²) in [6.07, 6.45) is 4.37. The van der Waals surface area contributed by atoms with Crippen LogP contribution >= 0.6 is 0 Å². The van der Waals surface area contributed by atoms with Crippen molar-refractivity contribution in [2.24, 2.45) is 0 Å². The lowest BCUT2D eigenvalue weighted by Crippen LogP contribution is -2.30. The second kappa shape index (κ2) is 9.35. The lowest BCUT2D eigenvalue weighted by atomic mass is 9.99. The van der Waals surface area contributed by atoms with Crippen LogP contribution in [0.2, 0.25) is 0 Å². The molecule has 0 unspecified atom stereocenters. The molecule has 3 aromatic rings. The van der Waals surface area contributed by atoms with E-state index in [2.05, 4.69) is 71.0 Å². The summed E-state index contributed by atoms with van der Waals surface area (Å²) in [5, 5.41) is 3.66. The van der Waals surface area contributed by atoms with Gasteiger partial charge in [-0.2, -0.15) is 0 Å². The van der Waals surface area contributed by atoms with Gasteiger partial charge in [0.15, 0.2) is 0 Å². The highest BCUT2D eigenvalue weighted by molar-refractivity contribution is 5.16. The Balaban J connectivity index is 1.58. The van der Waals surface area contributed by atoms with Crippen LogP contribution in [0.3, 0.4) is 0 Å². The summed E-state index contributed by atoms with van der Waals surface area (Å²) in [5.41, 5.74) is 3.76. The van der Waals surface area contributed by atoms with E-state index >= 15 is 0 Å². The summed E-state index contributed by atoms with van der Waals surface area (Å²) in [7, 11) is 0. The Hall–Kier alpha value is -2.39. The first-order valence-electron chi connectivity index (χ1n) is 9.45. The van der Waals surface area contributed by atoms with E-state index in [1.807, 2.05) is 13.8 Å². The average Bonchev–Trinajstić information content (AvgIpc) is 3.00. The second-order valence-corrected chi connectivity index (χ2v) is 6.88. The van der Waals surface area contributed by atoms with Crippen LogP contribution < -0.4 is 5.32 Å². The topological polar surface area (TPSA) is 38.1 Å². The number of benzene rings is 2. The third-order valence-electron chi connectivity index (χ3n) is 4.86. The van der Waals surface area contributed by atoms with E-state index in [0.29, 0.717) is 12.6 Å². The first kappa shape index (κ1) is 18.4. The van der Waals surface area contributed by atoms with Gasteiger partial charge < -0.3 is 9.73 Å². The Morgan fingerprint density at radius 2 is 1.38 bits per heavy atom. The Morgan fingerprint density at radius 3 is 1.85 bits per heavy atom. The molecule has 0 aliphatic carbocycles. The van der Waals surface area contributed by atoms with E-state index in [4.69, 9.17) is 4.42 Å². The molecule has 0 aliphatic heterocycles. The average molecular weight is 348 g/mol. The molecule has 136 valence electrons. The van der Waals surface area contributed by atoms with Gasteiger partial charge in [0.2, 0.25) is 5.89 Å². The minimum atomic E-state index is 0.433. The number of nitrogens with one attached hydrogen (secondary N) is 1. The highest BCUT2D eigenvalue weighted by atomic mass is 16.4. The fraction of sp³-hybridized carbons (Fsp3) is 0.348. The van der Waals surface area contributed by atoms with Crippen molar-refractivity contribution in [2.75, 3.05) is 0 Å². The number of hydrogen-bond donors (Lipinski definition) is 1. The first-order chi connectivity index (χ1) is 12.7. The molecule has 0 fully saturated rings. The first-order valence-corrected chi connectivity index (χ1v) is 9.45. The van der Waals surface area contributed by atoms with Gasteiger partial charge in [0.05, 0.1) is 12.2 Å². The molecule has 0 spiro atoms. The van der Waals surface area contributed by atoms with Crippen LogP contribution in [0.4, 0.5) is 0 Å². The summed E-state index contributed by atoms with van der Waals surface area (Å²) in [5.74, 6) is 1.69. The van der Waals surface area contributed by atoms with Crippen LogP contribution in [0.1, 0.15) is 41.3 Å². The number of nitrogens with zero attached hydrogens (tertiary/aromatic N) is 1. The minimum Gasteiger partial charge on any atom is -0.444 e. The molecule has 0 aliphatic rings. The summed E-state index contributed by atoms with van der Waals surface area (Å²) in [4.78, 5) is 4.49. The second-order valence-electron chi connectivity index (χ2n) is 6.88. The van der Waals surface area contributed by atoms with Crippen molar-refractivity contribution >= 4 is 0 Å². The molecular weight excluding hydrogens is 320 g/mol. The van der Waals surface area contributed by atoms with Gasteiger partial charge in [0.25, 0.3) is 0 Å². The van der Waals surface area contributed by atoms with E-state index in [-0.39, 0.29) is 0 Å². The fourth-order valence-corrected chi connectivity index (χ4v) is 3.17. The summed E-state index contributed by atoms with van der Waals surface area (Å²) in [6, 6.07) is 21.8. The van der Waals surface area contributed by atoms with Crippen LogP contribution in [0.5, 0.6) is 0 Å². The maximum Gasteiger partial charge on any atom is 0.208 e. The third-order valence-corrected chi connectivity index (χ3v) is 4.86. The molecule has 0 bridgehead atoms. The molecule has 1 heterocycles. The van der Waals surface area contributed by atoms with Gasteiger partial charge in [-0.25, -0.2) is 4.98 Å². The van der Waals surface area contributed by atoms with E-state index in [1.165, 1.54) is 11.1 Å². The molecule has 0 atom stereocenters. The highest BCUT2D eigenvalue weighted by Crippen LogP contribution is 2.13. The monoisotopic (exact) mass is 348 g/mol. The van der Waals surface area contributed by atoms with Crippen LogP contribution in [0.25, 0.3) is 0 Å². The van der Waals surface area contributed by atoms with E-state index < -0.39 is 0 Å². The standard InChI is InChI=1S/C23H28N2O/c1-18-19(2)26-23(25-18)17-24-22(15-13-20-9-5-3-6-10-20)16-14-21-11-7-4-8-12-21/h3-12,22,24H,13-17H2,1-2H3. The van der Waals surface area contributed by atoms with Gasteiger partial charge in [-0.3, -0.25) is 0 Å². The van der Waals surface area contributed by atoms with E-state index in [1.54, 1.807) is 0 Å². The van der Waals surface area contributed by atoms with Crippen molar-refractivity contribution in [3.05, 3.63) is 89.1 Å². The molecule has 2 aromatic carbocycles. The third kappa shape index (κ3) is 5.57. The van der Waals surface area contributed by atoms with Gasteiger partial charge >= 0.3 is 0 Å². The Morgan fingerprint density at radius 1 is 0.846 bits per heavy atom. The largest absolute Gasteiger partial charge is 0.444 e. The molecule has 0 amide bonds. The summed E-state index contributed by atoms with van der Waals surface area (Å²) >= 11 is 0. The van der Waals surface area contributed by atoms with Gasteiger partial charge in [-0.1, -0.05) is 60.7 Å². The zero-order valence-electron chi connectivity index (χ0n) is 15.7. The number of hydrogen-bond acceptors (Lipinski definition) is 3. The van der Waals surface area contributed by atoms with Crippen LogP contribution in [-0.4, -0.2) is 11.0 Å². The van der Waals surface area contributed by atoms with Gasteiger partial charge in [0.1, 0.15) is 5.76 Å². The summed E-state index contributed by atoms with van der Waals surface area (Å²) in [6.45, 7) is 4.64. The highest BCUT2D eigenvalue weighted by Gasteiger charge is 2.12. The molecule has 3 nitrogen and oxygen atoms in total. The molecule has 26 heavy (non-hydrogen) atoms. The smallest absolute Gasteiger partial charge is 0.208 e. The lowest BCUT2D eigenvalue weighted by molar-refractivity contribution is 0.397. The zero-order chi connectivity index (χ0) is 18.2. The van der Waals surface area contributed by atoms with Gasteiger partial charge in [-0.15, -0.1) is 0 Å². The zero-order valence-corrected chi connectivity index (χ0v) is 15.7. The normalized spacial score (nSPS) is 11.2. The van der Waals surface area contributed by atoms with Crippen molar-refractivity contribution in [2.45, 2.75) is 52.1 Å². The Labute approximate surface area is 156 Å². The molecule has 1 N–H and O–H groups in total. The number of aromatic nitrogens is 1. The van der Waals surface area contributed by atoms with Crippen molar-refractivity contribution < 1.29 is 4.42 Å². The molecule has 0 saturated heterocycles. The van der Waals surface area contributed by atoms with Crippen LogP contribution in [-0.2, 0) is 19.4 Å². The predicted octanol–water partition coefficient (Wildman–Crippen LogP) is 5.02. The maximum atomic E-state index is 5.72. The molecule has 0 radical (unpaired) electrons. The van der Waals surface area contributed by atoms with Crippen LogP contribution in [0, 0.1) is 13.8 Å². The van der Waals surface area contributed by atoms with Crippen LogP contribution in [0.15, 0.2) is 65.1 Å². The Kier molecular flexibility index (Phi) is 6.62. The molecular formula is C23H28N2O. The van der Waals surface area contributed by atoms with Crippen molar-refractivity contribution in [3.8, 4) is 0 Å². The van der Waals surface area contributed by atoms with Gasteiger partial charge in [-0.05, 0) is 50.7 Å². The van der Waals surface area contributed by atoms with Gasteiger partial charge in [0, 0.05) is 6.04 Å². The number of oxazole rings is 1. The fourth-order valence-electron chi connectivity index (χ4n) is 3.17. The number of rotatable bonds is 9.